The summed E-state index contributed by atoms with van der Waals surface area (Å²) in [5, 5.41) is 11.4. The van der Waals surface area contributed by atoms with Gasteiger partial charge in [-0.25, -0.2) is 4.79 Å². The van der Waals surface area contributed by atoms with Crippen molar-refractivity contribution in [3.05, 3.63) is 59.5 Å². The number of nitriles is 1. The first-order valence-corrected chi connectivity index (χ1v) is 7.48. The summed E-state index contributed by atoms with van der Waals surface area (Å²) in [5.74, 6) is -2.55. The van der Waals surface area contributed by atoms with Crippen molar-refractivity contribution in [2.24, 2.45) is 5.92 Å². The normalized spacial score (nSPS) is 11.2. The molecule has 2 rings (SSSR count). The van der Waals surface area contributed by atoms with Gasteiger partial charge in [0.25, 0.3) is 0 Å². The topological polar surface area (TPSA) is 109 Å². The number of rotatable bonds is 7. The van der Waals surface area contributed by atoms with E-state index in [2.05, 4.69) is 5.32 Å². The molecule has 128 valence electrons. The Labute approximate surface area is 144 Å². The molecule has 0 bridgehead atoms. The van der Waals surface area contributed by atoms with Gasteiger partial charge in [0.2, 0.25) is 0 Å². The van der Waals surface area contributed by atoms with Crippen LogP contribution in [-0.2, 0) is 16.1 Å². The SMILES string of the molecule is Cc1occc1C(=O)[C@@H](C#N)C(=O)CNC(=O)OCc1ccccc1. The van der Waals surface area contributed by atoms with Gasteiger partial charge in [-0.15, -0.1) is 0 Å². The molecule has 2 aromatic rings. The van der Waals surface area contributed by atoms with Gasteiger partial charge < -0.3 is 14.5 Å². The van der Waals surface area contributed by atoms with Gasteiger partial charge in [0.1, 0.15) is 12.4 Å². The molecular weight excluding hydrogens is 324 g/mol. The molecule has 0 unspecified atom stereocenters. The van der Waals surface area contributed by atoms with Crippen molar-refractivity contribution in [3.63, 3.8) is 0 Å². The van der Waals surface area contributed by atoms with Crippen LogP contribution >= 0.6 is 0 Å². The third-order valence-corrected chi connectivity index (χ3v) is 3.46. The smallest absolute Gasteiger partial charge is 0.407 e. The van der Waals surface area contributed by atoms with Crippen LogP contribution in [0.5, 0.6) is 0 Å². The Balaban J connectivity index is 1.85. The van der Waals surface area contributed by atoms with Crippen LogP contribution in [0, 0.1) is 24.2 Å². The fraction of sp³-hybridized carbons (Fsp3) is 0.222. The van der Waals surface area contributed by atoms with E-state index in [1.54, 1.807) is 37.3 Å². The maximum atomic E-state index is 12.2. The Morgan fingerprint density at radius 3 is 2.56 bits per heavy atom. The van der Waals surface area contributed by atoms with E-state index in [-0.39, 0.29) is 12.2 Å². The van der Waals surface area contributed by atoms with Gasteiger partial charge in [0.15, 0.2) is 17.5 Å². The highest BCUT2D eigenvalue weighted by Gasteiger charge is 2.29. The van der Waals surface area contributed by atoms with E-state index in [0.29, 0.717) is 5.76 Å². The third kappa shape index (κ3) is 4.78. The van der Waals surface area contributed by atoms with Crippen LogP contribution in [0.4, 0.5) is 4.79 Å². The lowest BCUT2D eigenvalue weighted by atomic mass is 9.95. The van der Waals surface area contributed by atoms with Crippen LogP contribution in [0.3, 0.4) is 0 Å². The standard InChI is InChI=1S/C18H16N2O5/c1-12-14(7-8-24-12)17(22)15(9-19)16(21)10-20-18(23)25-11-13-5-3-2-4-6-13/h2-8,15H,10-11H2,1H3,(H,20,23)/t15-/m0/s1. The quantitative estimate of drug-likeness (QED) is 0.612. The van der Waals surface area contributed by atoms with E-state index in [0.717, 1.165) is 5.56 Å². The second kappa shape index (κ2) is 8.45. The van der Waals surface area contributed by atoms with Gasteiger partial charge >= 0.3 is 6.09 Å². The zero-order valence-corrected chi connectivity index (χ0v) is 13.5. The average molecular weight is 340 g/mol. The van der Waals surface area contributed by atoms with E-state index in [9.17, 15) is 14.4 Å². The summed E-state index contributed by atoms with van der Waals surface area (Å²) in [5.41, 5.74) is 0.969. The molecule has 0 aliphatic rings. The number of hydrogen-bond donors (Lipinski definition) is 1. The number of alkyl carbamates (subject to hydrolysis) is 1. The Kier molecular flexibility index (Phi) is 6.07. The molecule has 0 saturated heterocycles. The summed E-state index contributed by atoms with van der Waals surface area (Å²) < 4.78 is 9.96. The molecule has 1 N–H and O–H groups in total. The number of nitrogens with one attached hydrogen (secondary N) is 1. The number of aryl methyl sites for hydroxylation is 1. The fourth-order valence-electron chi connectivity index (χ4n) is 2.11. The van der Waals surface area contributed by atoms with E-state index in [1.165, 1.54) is 12.3 Å². The van der Waals surface area contributed by atoms with Crippen LogP contribution in [0.25, 0.3) is 0 Å². The molecule has 0 spiro atoms. The zero-order valence-electron chi connectivity index (χ0n) is 13.5. The van der Waals surface area contributed by atoms with Crippen molar-refractivity contribution >= 4 is 17.7 Å². The maximum absolute atomic E-state index is 12.2. The minimum atomic E-state index is -1.51. The van der Waals surface area contributed by atoms with Crippen LogP contribution in [0.1, 0.15) is 21.7 Å². The number of Topliss-reactive ketones (excluding diaryl/α,β-unsaturated/α-hetero) is 2. The summed E-state index contributed by atoms with van der Waals surface area (Å²) in [7, 11) is 0. The van der Waals surface area contributed by atoms with Crippen LogP contribution in [0.2, 0.25) is 0 Å². The Morgan fingerprint density at radius 2 is 1.96 bits per heavy atom. The zero-order chi connectivity index (χ0) is 18.2. The second-order valence-electron chi connectivity index (χ2n) is 5.20. The van der Waals surface area contributed by atoms with Gasteiger partial charge in [-0.3, -0.25) is 9.59 Å². The van der Waals surface area contributed by atoms with Gasteiger partial charge in [-0.1, -0.05) is 30.3 Å². The summed E-state index contributed by atoms with van der Waals surface area (Å²) >= 11 is 0. The molecule has 1 aromatic heterocycles. The second-order valence-corrected chi connectivity index (χ2v) is 5.20. The van der Waals surface area contributed by atoms with Gasteiger partial charge in [0.05, 0.1) is 24.4 Å². The molecule has 1 heterocycles. The minimum Gasteiger partial charge on any atom is -0.469 e. The summed E-state index contributed by atoms with van der Waals surface area (Å²) in [6.07, 6.45) is 0.501. The highest BCUT2D eigenvalue weighted by Crippen LogP contribution is 2.15. The van der Waals surface area contributed by atoms with Gasteiger partial charge in [-0.2, -0.15) is 5.26 Å². The lowest BCUT2D eigenvalue weighted by Gasteiger charge is -2.09. The molecule has 1 aromatic carbocycles. The van der Waals surface area contributed by atoms with Crippen LogP contribution < -0.4 is 5.32 Å². The van der Waals surface area contributed by atoms with Crippen LogP contribution in [0.15, 0.2) is 47.1 Å². The number of nitrogens with zero attached hydrogens (tertiary/aromatic N) is 1. The van der Waals surface area contributed by atoms with Crippen LogP contribution in [-0.4, -0.2) is 24.2 Å². The molecule has 1 atom stereocenters. The molecule has 0 aliphatic heterocycles. The molecule has 7 heteroatoms. The molecule has 0 fully saturated rings. The Morgan fingerprint density at radius 1 is 1.24 bits per heavy atom. The first-order valence-electron chi connectivity index (χ1n) is 7.48. The Hall–Kier alpha value is -3.40. The summed E-state index contributed by atoms with van der Waals surface area (Å²) in [6, 6.07) is 12.1. The fourth-order valence-corrected chi connectivity index (χ4v) is 2.11. The monoisotopic (exact) mass is 340 g/mol. The van der Waals surface area contributed by atoms with Crippen molar-refractivity contribution in [2.45, 2.75) is 13.5 Å². The molecule has 0 radical (unpaired) electrons. The Bertz CT molecular complexity index is 804. The molecule has 7 nitrogen and oxygen atoms in total. The minimum absolute atomic E-state index is 0.0513. The number of carbonyl (C=O) groups is 3. The number of amides is 1. The first-order chi connectivity index (χ1) is 12.0. The molecular formula is C18H16N2O5. The molecule has 25 heavy (non-hydrogen) atoms. The highest BCUT2D eigenvalue weighted by molar-refractivity contribution is 6.13. The van der Waals surface area contributed by atoms with E-state index in [1.807, 2.05) is 6.07 Å². The summed E-state index contributed by atoms with van der Waals surface area (Å²) in [6.45, 7) is 1.13. The van der Waals surface area contributed by atoms with Crippen molar-refractivity contribution in [3.8, 4) is 6.07 Å². The van der Waals surface area contributed by atoms with Gasteiger partial charge in [-0.05, 0) is 18.6 Å². The van der Waals surface area contributed by atoms with Crippen molar-refractivity contribution in [1.29, 1.82) is 5.26 Å². The lowest BCUT2D eigenvalue weighted by Crippen LogP contribution is -2.35. The lowest BCUT2D eigenvalue weighted by molar-refractivity contribution is -0.119. The number of carbonyl (C=O) groups excluding carboxylic acids is 3. The van der Waals surface area contributed by atoms with E-state index in [4.69, 9.17) is 14.4 Å². The van der Waals surface area contributed by atoms with Crippen molar-refractivity contribution in [1.82, 2.24) is 5.32 Å². The number of furan rings is 1. The van der Waals surface area contributed by atoms with Crippen molar-refractivity contribution < 1.29 is 23.5 Å². The third-order valence-electron chi connectivity index (χ3n) is 3.46. The number of ether oxygens (including phenoxy) is 1. The molecule has 1 amide bonds. The predicted octanol–water partition coefficient (Wildman–Crippen LogP) is 2.41. The number of benzene rings is 1. The van der Waals surface area contributed by atoms with Crippen molar-refractivity contribution in [2.75, 3.05) is 6.54 Å². The van der Waals surface area contributed by atoms with Gasteiger partial charge in [0, 0.05) is 0 Å². The van der Waals surface area contributed by atoms with E-state index >= 15 is 0 Å². The average Bonchev–Trinajstić information content (AvgIpc) is 3.05. The van der Waals surface area contributed by atoms with E-state index < -0.39 is 30.1 Å². The first kappa shape index (κ1) is 17.9. The summed E-state index contributed by atoms with van der Waals surface area (Å²) in [4.78, 5) is 35.9. The maximum Gasteiger partial charge on any atom is 0.407 e. The predicted molar refractivity (Wildman–Crippen MR) is 86.5 cm³/mol. The molecule has 0 aliphatic carbocycles. The molecule has 0 saturated carbocycles. The highest BCUT2D eigenvalue weighted by atomic mass is 16.5. The number of ketones is 2. The number of hydrogen-bond acceptors (Lipinski definition) is 6. The largest absolute Gasteiger partial charge is 0.469 e.